The summed E-state index contributed by atoms with van der Waals surface area (Å²) in [5.41, 5.74) is 0. The van der Waals surface area contributed by atoms with Crippen LogP contribution in [0.1, 0.15) is 52.9 Å². The molecule has 0 aliphatic carbocycles. The quantitative estimate of drug-likeness (QED) is 0.684. The van der Waals surface area contributed by atoms with Crippen molar-refractivity contribution in [2.45, 2.75) is 58.9 Å². The van der Waals surface area contributed by atoms with Gasteiger partial charge in [0.15, 0.2) is 0 Å². The summed E-state index contributed by atoms with van der Waals surface area (Å²) in [5.74, 6) is 0.966. The van der Waals surface area contributed by atoms with E-state index in [2.05, 4.69) is 31.0 Å². The van der Waals surface area contributed by atoms with Crippen LogP contribution in [0, 0.1) is 5.92 Å². The first-order chi connectivity index (χ1) is 7.80. The standard InChI is InChI=1S/C14H30N2/c1-4-7-14(15-9-5-2)12-16-10-8-13(6-3)11-16/h13-15H,4-12H2,1-3H3. The molecular weight excluding hydrogens is 196 g/mol. The lowest BCUT2D eigenvalue weighted by molar-refractivity contribution is 0.272. The SMILES string of the molecule is CCCNC(CCC)CN1CCC(CC)C1. The van der Waals surface area contributed by atoms with Crippen LogP contribution in [-0.4, -0.2) is 37.1 Å². The molecule has 2 nitrogen and oxygen atoms in total. The molecule has 0 aromatic heterocycles. The van der Waals surface area contributed by atoms with Crippen molar-refractivity contribution in [3.05, 3.63) is 0 Å². The van der Waals surface area contributed by atoms with Crippen molar-refractivity contribution in [3.63, 3.8) is 0 Å². The summed E-state index contributed by atoms with van der Waals surface area (Å²) in [6.45, 7) is 12.0. The van der Waals surface area contributed by atoms with E-state index in [1.165, 1.54) is 58.3 Å². The Bertz CT molecular complexity index is 170. The second-order valence-electron chi connectivity index (χ2n) is 5.26. The predicted molar refractivity (Wildman–Crippen MR) is 71.8 cm³/mol. The molecule has 1 N–H and O–H groups in total. The minimum Gasteiger partial charge on any atom is -0.313 e. The van der Waals surface area contributed by atoms with Gasteiger partial charge < -0.3 is 10.2 Å². The van der Waals surface area contributed by atoms with Crippen LogP contribution in [0.25, 0.3) is 0 Å². The third kappa shape index (κ3) is 4.84. The zero-order valence-electron chi connectivity index (χ0n) is 11.5. The highest BCUT2D eigenvalue weighted by atomic mass is 15.2. The van der Waals surface area contributed by atoms with Gasteiger partial charge in [-0.05, 0) is 38.3 Å². The third-order valence-corrected chi connectivity index (χ3v) is 3.75. The summed E-state index contributed by atoms with van der Waals surface area (Å²) in [4.78, 5) is 2.66. The minimum atomic E-state index is 0.723. The van der Waals surface area contributed by atoms with Gasteiger partial charge in [0.05, 0.1) is 0 Å². The second kappa shape index (κ2) is 8.08. The van der Waals surface area contributed by atoms with Crippen LogP contribution in [-0.2, 0) is 0 Å². The lowest BCUT2D eigenvalue weighted by Gasteiger charge is -2.24. The molecule has 2 atom stereocenters. The summed E-state index contributed by atoms with van der Waals surface area (Å²) < 4.78 is 0. The van der Waals surface area contributed by atoms with Gasteiger partial charge in [0, 0.05) is 19.1 Å². The fourth-order valence-corrected chi connectivity index (χ4v) is 2.68. The molecular formula is C14H30N2. The van der Waals surface area contributed by atoms with Gasteiger partial charge in [-0.2, -0.15) is 0 Å². The molecule has 0 spiro atoms. The third-order valence-electron chi connectivity index (χ3n) is 3.75. The molecule has 0 saturated carbocycles. The zero-order valence-corrected chi connectivity index (χ0v) is 11.5. The van der Waals surface area contributed by atoms with Gasteiger partial charge in [-0.3, -0.25) is 0 Å². The lowest BCUT2D eigenvalue weighted by atomic mass is 10.1. The molecule has 0 aromatic carbocycles. The number of hydrogen-bond donors (Lipinski definition) is 1. The smallest absolute Gasteiger partial charge is 0.0194 e. The minimum absolute atomic E-state index is 0.723. The zero-order chi connectivity index (χ0) is 11.8. The molecule has 1 aliphatic rings. The van der Waals surface area contributed by atoms with E-state index in [1.807, 2.05) is 0 Å². The van der Waals surface area contributed by atoms with Crippen molar-refractivity contribution < 1.29 is 0 Å². The number of hydrogen-bond acceptors (Lipinski definition) is 2. The van der Waals surface area contributed by atoms with Crippen molar-refractivity contribution >= 4 is 0 Å². The summed E-state index contributed by atoms with van der Waals surface area (Å²) in [5, 5.41) is 3.69. The molecule has 0 radical (unpaired) electrons. The second-order valence-corrected chi connectivity index (χ2v) is 5.26. The largest absolute Gasteiger partial charge is 0.313 e. The lowest BCUT2D eigenvalue weighted by Crippen LogP contribution is -2.40. The van der Waals surface area contributed by atoms with Crippen molar-refractivity contribution in [2.24, 2.45) is 5.92 Å². The Morgan fingerprint density at radius 2 is 2.06 bits per heavy atom. The first kappa shape index (κ1) is 14.0. The Kier molecular flexibility index (Phi) is 7.06. The van der Waals surface area contributed by atoms with Crippen LogP contribution >= 0.6 is 0 Å². The van der Waals surface area contributed by atoms with Crippen LogP contribution in [0.4, 0.5) is 0 Å². The molecule has 0 amide bonds. The molecule has 16 heavy (non-hydrogen) atoms. The summed E-state index contributed by atoms with van der Waals surface area (Å²) in [6.07, 6.45) is 6.65. The molecule has 1 rings (SSSR count). The van der Waals surface area contributed by atoms with Crippen LogP contribution in [0.2, 0.25) is 0 Å². The molecule has 0 bridgehead atoms. The van der Waals surface area contributed by atoms with E-state index in [-0.39, 0.29) is 0 Å². The van der Waals surface area contributed by atoms with Gasteiger partial charge in [-0.1, -0.05) is 33.6 Å². The van der Waals surface area contributed by atoms with Gasteiger partial charge >= 0.3 is 0 Å². The Morgan fingerprint density at radius 3 is 2.62 bits per heavy atom. The predicted octanol–water partition coefficient (Wildman–Crippen LogP) is 2.89. The molecule has 2 unspecified atom stereocenters. The van der Waals surface area contributed by atoms with Gasteiger partial charge in [0.25, 0.3) is 0 Å². The van der Waals surface area contributed by atoms with Crippen LogP contribution < -0.4 is 5.32 Å². The van der Waals surface area contributed by atoms with E-state index in [0.29, 0.717) is 0 Å². The van der Waals surface area contributed by atoms with E-state index in [1.54, 1.807) is 0 Å². The van der Waals surface area contributed by atoms with Crippen molar-refractivity contribution in [1.82, 2.24) is 10.2 Å². The van der Waals surface area contributed by atoms with Crippen LogP contribution in [0.3, 0.4) is 0 Å². The summed E-state index contributed by atoms with van der Waals surface area (Å²) in [7, 11) is 0. The summed E-state index contributed by atoms with van der Waals surface area (Å²) >= 11 is 0. The Morgan fingerprint density at radius 1 is 1.25 bits per heavy atom. The number of rotatable bonds is 8. The van der Waals surface area contributed by atoms with E-state index in [9.17, 15) is 0 Å². The molecule has 1 fully saturated rings. The maximum atomic E-state index is 3.69. The Labute approximate surface area is 102 Å². The van der Waals surface area contributed by atoms with Gasteiger partial charge in [-0.25, -0.2) is 0 Å². The monoisotopic (exact) mass is 226 g/mol. The van der Waals surface area contributed by atoms with E-state index < -0.39 is 0 Å². The Hall–Kier alpha value is -0.0800. The first-order valence-electron chi connectivity index (χ1n) is 7.25. The maximum Gasteiger partial charge on any atom is 0.0194 e. The molecule has 1 aliphatic heterocycles. The number of nitrogens with zero attached hydrogens (tertiary/aromatic N) is 1. The average Bonchev–Trinajstić information content (AvgIpc) is 2.74. The van der Waals surface area contributed by atoms with Crippen molar-refractivity contribution in [2.75, 3.05) is 26.2 Å². The van der Waals surface area contributed by atoms with Crippen molar-refractivity contribution in [3.8, 4) is 0 Å². The van der Waals surface area contributed by atoms with Crippen LogP contribution in [0.15, 0.2) is 0 Å². The number of likely N-dealkylation sites (tertiary alicyclic amines) is 1. The van der Waals surface area contributed by atoms with E-state index in [0.717, 1.165) is 12.0 Å². The highest BCUT2D eigenvalue weighted by Gasteiger charge is 2.22. The fourth-order valence-electron chi connectivity index (χ4n) is 2.68. The van der Waals surface area contributed by atoms with Gasteiger partial charge in [0.1, 0.15) is 0 Å². The molecule has 1 saturated heterocycles. The highest BCUT2D eigenvalue weighted by Crippen LogP contribution is 2.19. The molecule has 2 heteroatoms. The Balaban J connectivity index is 2.25. The molecule has 1 heterocycles. The number of nitrogens with one attached hydrogen (secondary N) is 1. The molecule has 0 aromatic rings. The maximum absolute atomic E-state index is 3.69. The molecule has 96 valence electrons. The van der Waals surface area contributed by atoms with Gasteiger partial charge in [0.2, 0.25) is 0 Å². The summed E-state index contributed by atoms with van der Waals surface area (Å²) in [6, 6.07) is 0.723. The van der Waals surface area contributed by atoms with E-state index in [4.69, 9.17) is 0 Å². The van der Waals surface area contributed by atoms with E-state index >= 15 is 0 Å². The van der Waals surface area contributed by atoms with Crippen molar-refractivity contribution in [1.29, 1.82) is 0 Å². The average molecular weight is 226 g/mol. The highest BCUT2D eigenvalue weighted by molar-refractivity contribution is 4.79. The first-order valence-corrected chi connectivity index (χ1v) is 7.25. The topological polar surface area (TPSA) is 15.3 Å². The normalized spacial score (nSPS) is 23.8. The fraction of sp³-hybridized carbons (Fsp3) is 1.00. The van der Waals surface area contributed by atoms with Gasteiger partial charge in [-0.15, -0.1) is 0 Å². The van der Waals surface area contributed by atoms with Crippen LogP contribution in [0.5, 0.6) is 0 Å².